The number of carbonyl (C=O) groups excluding carboxylic acids is 1. The van der Waals surface area contributed by atoms with Gasteiger partial charge in [-0.2, -0.15) is 0 Å². The number of aromatic amines is 1. The lowest BCUT2D eigenvalue weighted by Crippen LogP contribution is -2.37. The number of hydrogen-bond acceptors (Lipinski definition) is 2. The van der Waals surface area contributed by atoms with Crippen molar-refractivity contribution < 1.29 is 4.79 Å². The van der Waals surface area contributed by atoms with Gasteiger partial charge in [-0.05, 0) is 49.9 Å². The van der Waals surface area contributed by atoms with E-state index in [0.717, 1.165) is 33.3 Å². The fraction of sp³-hybridized carbons (Fsp3) is 0.250. The number of hydrogen-bond donors (Lipinski definition) is 3. The van der Waals surface area contributed by atoms with E-state index in [2.05, 4.69) is 22.4 Å². The van der Waals surface area contributed by atoms with Gasteiger partial charge < -0.3 is 16.0 Å². The highest BCUT2D eigenvalue weighted by Gasteiger charge is 2.18. The van der Waals surface area contributed by atoms with Gasteiger partial charge in [-0.15, -0.1) is 0 Å². The van der Waals surface area contributed by atoms with Gasteiger partial charge in [0.1, 0.15) is 0 Å². The summed E-state index contributed by atoms with van der Waals surface area (Å²) in [5, 5.41) is 4.11. The second kappa shape index (κ2) is 6.49. The molecule has 0 bridgehead atoms. The Hall–Kier alpha value is -2.59. The normalized spacial score (nSPS) is 12.3. The number of aryl methyl sites for hydroxylation is 3. The van der Waals surface area contributed by atoms with Crippen LogP contribution in [0, 0.1) is 20.8 Å². The summed E-state index contributed by atoms with van der Waals surface area (Å²) >= 11 is 0. The van der Waals surface area contributed by atoms with E-state index in [1.54, 1.807) is 0 Å². The predicted molar refractivity (Wildman–Crippen MR) is 99.3 cm³/mol. The number of para-hydroxylation sites is 1. The second-order valence-electron chi connectivity index (χ2n) is 6.43. The van der Waals surface area contributed by atoms with Crippen molar-refractivity contribution in [2.24, 2.45) is 5.73 Å². The number of amides is 1. The maximum absolute atomic E-state index is 12.5. The molecule has 0 spiro atoms. The monoisotopic (exact) mass is 321 g/mol. The maximum atomic E-state index is 12.5. The molecule has 0 radical (unpaired) electrons. The Kier molecular flexibility index (Phi) is 4.40. The summed E-state index contributed by atoms with van der Waals surface area (Å²) < 4.78 is 0. The first-order chi connectivity index (χ1) is 11.5. The fourth-order valence-corrected chi connectivity index (χ4v) is 3.22. The first kappa shape index (κ1) is 16.3. The van der Waals surface area contributed by atoms with Crippen molar-refractivity contribution in [3.63, 3.8) is 0 Å². The van der Waals surface area contributed by atoms with Gasteiger partial charge in [0.15, 0.2) is 0 Å². The third-order valence-corrected chi connectivity index (χ3v) is 4.38. The van der Waals surface area contributed by atoms with E-state index >= 15 is 0 Å². The van der Waals surface area contributed by atoms with Crippen LogP contribution < -0.4 is 11.1 Å². The van der Waals surface area contributed by atoms with E-state index in [0.29, 0.717) is 6.42 Å². The maximum Gasteiger partial charge on any atom is 0.241 e. The molecule has 1 unspecified atom stereocenters. The number of H-pyrrole nitrogens is 1. The Labute approximate surface area is 142 Å². The van der Waals surface area contributed by atoms with Crippen molar-refractivity contribution in [2.75, 3.05) is 5.32 Å². The molecule has 0 saturated carbocycles. The Balaban J connectivity index is 1.76. The number of nitrogens with one attached hydrogen (secondary N) is 2. The van der Waals surface area contributed by atoms with E-state index in [1.165, 1.54) is 5.56 Å². The van der Waals surface area contributed by atoms with Crippen molar-refractivity contribution in [3.05, 3.63) is 64.8 Å². The van der Waals surface area contributed by atoms with Gasteiger partial charge in [-0.25, -0.2) is 0 Å². The minimum Gasteiger partial charge on any atom is -0.361 e. The van der Waals surface area contributed by atoms with Gasteiger partial charge in [-0.3, -0.25) is 4.79 Å². The first-order valence-corrected chi connectivity index (χ1v) is 8.15. The highest BCUT2D eigenvalue weighted by atomic mass is 16.2. The highest BCUT2D eigenvalue weighted by Crippen LogP contribution is 2.23. The molecule has 2 aromatic carbocycles. The fourth-order valence-electron chi connectivity index (χ4n) is 3.22. The Morgan fingerprint density at radius 2 is 1.83 bits per heavy atom. The number of nitrogens with two attached hydrogens (primary N) is 1. The molecular weight excluding hydrogens is 298 g/mol. The van der Waals surface area contributed by atoms with Gasteiger partial charge in [0.2, 0.25) is 5.91 Å². The summed E-state index contributed by atoms with van der Waals surface area (Å²) in [5.74, 6) is -0.157. The quantitative estimate of drug-likeness (QED) is 0.687. The van der Waals surface area contributed by atoms with Crippen LogP contribution in [0.4, 0.5) is 5.69 Å². The summed E-state index contributed by atoms with van der Waals surface area (Å²) in [6.45, 7) is 6.05. The van der Waals surface area contributed by atoms with Crippen LogP contribution in [0.3, 0.4) is 0 Å². The number of carbonyl (C=O) groups is 1. The number of anilines is 1. The molecule has 4 nitrogen and oxygen atoms in total. The number of benzene rings is 2. The van der Waals surface area contributed by atoms with Crippen LogP contribution in [-0.4, -0.2) is 16.9 Å². The summed E-state index contributed by atoms with van der Waals surface area (Å²) in [6.07, 6.45) is 2.43. The lowest BCUT2D eigenvalue weighted by Gasteiger charge is -2.16. The van der Waals surface area contributed by atoms with Crippen molar-refractivity contribution in [2.45, 2.75) is 33.2 Å². The predicted octanol–water partition coefficient (Wildman–Crippen LogP) is 3.60. The van der Waals surface area contributed by atoms with Crippen molar-refractivity contribution >= 4 is 22.5 Å². The Morgan fingerprint density at radius 3 is 2.54 bits per heavy atom. The minimum absolute atomic E-state index is 0.157. The summed E-state index contributed by atoms with van der Waals surface area (Å²) in [5.41, 5.74) is 12.4. The molecular formula is C20H23N3O. The van der Waals surface area contributed by atoms with Gasteiger partial charge in [0, 0.05) is 22.8 Å². The number of aromatic nitrogens is 1. The Bertz CT molecular complexity index is 872. The average Bonchev–Trinajstić information content (AvgIpc) is 2.94. The zero-order valence-corrected chi connectivity index (χ0v) is 14.3. The van der Waals surface area contributed by atoms with E-state index in [-0.39, 0.29) is 5.91 Å². The molecule has 4 heteroatoms. The molecule has 0 saturated heterocycles. The zero-order valence-electron chi connectivity index (χ0n) is 14.3. The van der Waals surface area contributed by atoms with E-state index in [9.17, 15) is 4.79 Å². The second-order valence-corrected chi connectivity index (χ2v) is 6.43. The average molecular weight is 321 g/mol. The van der Waals surface area contributed by atoms with Crippen molar-refractivity contribution in [1.29, 1.82) is 0 Å². The molecule has 1 amide bonds. The molecule has 1 aromatic heterocycles. The smallest absolute Gasteiger partial charge is 0.241 e. The summed E-state index contributed by atoms with van der Waals surface area (Å²) in [6, 6.07) is 11.6. The zero-order chi connectivity index (χ0) is 17.3. The van der Waals surface area contributed by atoms with Crippen molar-refractivity contribution in [3.8, 4) is 0 Å². The molecule has 1 atom stereocenters. The molecule has 3 rings (SSSR count). The van der Waals surface area contributed by atoms with Gasteiger partial charge in [-0.1, -0.05) is 35.9 Å². The van der Waals surface area contributed by atoms with Gasteiger partial charge in [0.05, 0.1) is 6.04 Å². The lowest BCUT2D eigenvalue weighted by atomic mass is 10.0. The molecule has 4 N–H and O–H groups in total. The van der Waals surface area contributed by atoms with Crippen LogP contribution in [0.2, 0.25) is 0 Å². The highest BCUT2D eigenvalue weighted by molar-refractivity contribution is 5.96. The van der Waals surface area contributed by atoms with E-state index in [4.69, 9.17) is 5.73 Å². The van der Waals surface area contributed by atoms with E-state index < -0.39 is 6.04 Å². The summed E-state index contributed by atoms with van der Waals surface area (Å²) in [4.78, 5) is 15.7. The molecule has 3 aromatic rings. The minimum atomic E-state index is -0.593. The van der Waals surface area contributed by atoms with Crippen LogP contribution in [0.15, 0.2) is 42.6 Å². The van der Waals surface area contributed by atoms with E-state index in [1.807, 2.05) is 51.2 Å². The third-order valence-electron chi connectivity index (χ3n) is 4.38. The lowest BCUT2D eigenvalue weighted by molar-refractivity contribution is -0.117. The molecule has 124 valence electrons. The number of fused-ring (bicyclic) bond motifs is 1. The molecule has 0 aliphatic heterocycles. The van der Waals surface area contributed by atoms with Gasteiger partial charge in [0.25, 0.3) is 0 Å². The molecule has 0 fully saturated rings. The molecule has 1 heterocycles. The molecule has 0 aliphatic rings. The van der Waals surface area contributed by atoms with Crippen molar-refractivity contribution in [1.82, 2.24) is 4.98 Å². The van der Waals surface area contributed by atoms with Crippen LogP contribution in [0.5, 0.6) is 0 Å². The van der Waals surface area contributed by atoms with Gasteiger partial charge >= 0.3 is 0 Å². The van der Waals surface area contributed by atoms with Crippen LogP contribution in [0.1, 0.15) is 22.3 Å². The largest absolute Gasteiger partial charge is 0.361 e. The Morgan fingerprint density at radius 1 is 1.17 bits per heavy atom. The van der Waals surface area contributed by atoms with Crippen LogP contribution in [0.25, 0.3) is 10.9 Å². The number of rotatable bonds is 4. The standard InChI is InChI=1S/C20H23N3O/c1-12-8-13(2)19(14(3)9-12)23-20(24)17(21)10-15-11-22-18-7-5-4-6-16(15)18/h4-9,11,17,22H,10,21H2,1-3H3,(H,23,24). The van der Waals surface area contributed by atoms with Crippen LogP contribution >= 0.6 is 0 Å². The topological polar surface area (TPSA) is 70.9 Å². The van der Waals surface area contributed by atoms with Crippen LogP contribution in [-0.2, 0) is 11.2 Å². The molecule has 0 aliphatic carbocycles. The third kappa shape index (κ3) is 3.19. The molecule has 24 heavy (non-hydrogen) atoms. The summed E-state index contributed by atoms with van der Waals surface area (Å²) in [7, 11) is 0. The first-order valence-electron chi connectivity index (χ1n) is 8.15. The SMILES string of the molecule is Cc1cc(C)c(NC(=O)C(N)Cc2c[nH]c3ccccc23)c(C)c1.